The molecule has 0 saturated heterocycles. The number of carbonyl (C=O) groups is 2. The van der Waals surface area contributed by atoms with Crippen LogP contribution in [0.1, 0.15) is 39.5 Å². The van der Waals surface area contributed by atoms with Crippen molar-refractivity contribution in [3.8, 4) is 0 Å². The summed E-state index contributed by atoms with van der Waals surface area (Å²) >= 11 is 3.15. The number of para-hydroxylation sites is 1. The second-order valence-electron chi connectivity index (χ2n) is 6.75. The predicted octanol–water partition coefficient (Wildman–Crippen LogP) is 5.94. The van der Waals surface area contributed by atoms with Gasteiger partial charge in [0.25, 0.3) is 0 Å². The van der Waals surface area contributed by atoms with Crippen LogP contribution in [0.3, 0.4) is 0 Å². The van der Waals surface area contributed by atoms with E-state index in [9.17, 15) is 9.59 Å². The molecule has 6 heteroatoms. The summed E-state index contributed by atoms with van der Waals surface area (Å²) in [6.45, 7) is 0. The van der Waals surface area contributed by atoms with E-state index in [4.69, 9.17) is 0 Å². The van der Waals surface area contributed by atoms with Gasteiger partial charge in [-0.25, -0.2) is 4.98 Å². The van der Waals surface area contributed by atoms with Crippen LogP contribution in [0.4, 0.5) is 5.69 Å². The van der Waals surface area contributed by atoms with Crippen LogP contribution in [-0.2, 0) is 11.2 Å². The summed E-state index contributed by atoms with van der Waals surface area (Å²) in [6.07, 6.45) is 2.07. The number of nitrogens with one attached hydrogen (secondary N) is 1. The molecule has 2 aromatic carbocycles. The number of anilines is 1. The van der Waals surface area contributed by atoms with Gasteiger partial charge in [0.1, 0.15) is 0 Å². The third-order valence-corrected chi connectivity index (χ3v) is 6.48. The zero-order valence-corrected chi connectivity index (χ0v) is 17.4. The normalized spacial score (nSPS) is 10.9. The van der Waals surface area contributed by atoms with E-state index in [-0.39, 0.29) is 11.7 Å². The minimum atomic E-state index is -0.0668. The Morgan fingerprint density at radius 1 is 0.931 bits per heavy atom. The maximum Gasteiger partial charge on any atom is 0.224 e. The van der Waals surface area contributed by atoms with Crippen molar-refractivity contribution in [2.75, 3.05) is 5.32 Å². The van der Waals surface area contributed by atoms with Crippen molar-refractivity contribution in [1.82, 2.24) is 4.98 Å². The number of Topliss-reactive ketones (excluding diaryl/α,β-unsaturated/α-hetero) is 1. The highest BCUT2D eigenvalue weighted by Crippen LogP contribution is 2.24. The molecule has 4 rings (SSSR count). The first-order valence-corrected chi connectivity index (χ1v) is 11.2. The van der Waals surface area contributed by atoms with Gasteiger partial charge in [-0.05, 0) is 47.7 Å². The first kappa shape index (κ1) is 19.5. The van der Waals surface area contributed by atoms with E-state index in [0.717, 1.165) is 33.1 Å². The number of amides is 1. The number of thiophene rings is 1. The lowest BCUT2D eigenvalue weighted by Crippen LogP contribution is -2.11. The molecule has 146 valence electrons. The Labute approximate surface area is 177 Å². The fraction of sp³-hybridized carbons (Fsp3) is 0.174. The van der Waals surface area contributed by atoms with Crippen molar-refractivity contribution in [2.45, 2.75) is 25.7 Å². The fourth-order valence-corrected chi connectivity index (χ4v) is 4.77. The Bertz CT molecular complexity index is 1080. The monoisotopic (exact) mass is 420 g/mol. The molecule has 0 bridgehead atoms. The van der Waals surface area contributed by atoms with E-state index >= 15 is 0 Å². The number of nitrogens with zero attached hydrogens (tertiary/aromatic N) is 1. The number of fused-ring (bicyclic) bond motifs is 1. The zero-order valence-electron chi connectivity index (χ0n) is 15.8. The molecule has 0 fully saturated rings. The van der Waals surface area contributed by atoms with Gasteiger partial charge in [-0.2, -0.15) is 0 Å². The van der Waals surface area contributed by atoms with Gasteiger partial charge in [0, 0.05) is 24.9 Å². The van der Waals surface area contributed by atoms with Crippen LogP contribution in [0.25, 0.3) is 10.2 Å². The quantitative estimate of drug-likeness (QED) is 0.359. The van der Waals surface area contributed by atoms with E-state index in [2.05, 4.69) is 16.4 Å². The van der Waals surface area contributed by atoms with E-state index in [0.29, 0.717) is 19.3 Å². The van der Waals surface area contributed by atoms with Gasteiger partial charge in [-0.1, -0.05) is 30.3 Å². The largest absolute Gasteiger partial charge is 0.326 e. The smallest absolute Gasteiger partial charge is 0.224 e. The summed E-state index contributed by atoms with van der Waals surface area (Å²) in [5.74, 6) is 0.0369. The molecular formula is C23H20N2O2S2. The van der Waals surface area contributed by atoms with E-state index < -0.39 is 0 Å². The molecule has 4 aromatic rings. The molecule has 0 spiro atoms. The molecule has 29 heavy (non-hydrogen) atoms. The first-order valence-electron chi connectivity index (χ1n) is 9.47. The Morgan fingerprint density at radius 3 is 2.52 bits per heavy atom. The number of rotatable bonds is 8. The second-order valence-corrected chi connectivity index (χ2v) is 8.81. The number of benzene rings is 2. The Hall–Kier alpha value is -2.83. The number of thiazole rings is 1. The third kappa shape index (κ3) is 5.16. The summed E-state index contributed by atoms with van der Waals surface area (Å²) in [6, 6.07) is 19.7. The molecule has 0 atom stereocenters. The van der Waals surface area contributed by atoms with Crippen molar-refractivity contribution in [2.24, 2.45) is 0 Å². The highest BCUT2D eigenvalue weighted by atomic mass is 32.1. The van der Waals surface area contributed by atoms with Gasteiger partial charge < -0.3 is 5.32 Å². The Morgan fingerprint density at radius 2 is 1.76 bits per heavy atom. The maximum absolute atomic E-state index is 12.1. The van der Waals surface area contributed by atoms with Gasteiger partial charge in [0.05, 0.1) is 20.1 Å². The minimum absolute atomic E-state index is 0.0668. The molecule has 0 saturated carbocycles. The highest BCUT2D eigenvalue weighted by Gasteiger charge is 2.09. The van der Waals surface area contributed by atoms with Crippen LogP contribution >= 0.6 is 22.7 Å². The van der Waals surface area contributed by atoms with Crippen LogP contribution in [0, 0.1) is 0 Å². The molecule has 0 aliphatic carbocycles. The van der Waals surface area contributed by atoms with Crippen LogP contribution in [0.2, 0.25) is 0 Å². The Balaban J connectivity index is 1.26. The molecule has 2 aromatic heterocycles. The van der Waals surface area contributed by atoms with E-state index in [1.807, 2.05) is 60.0 Å². The van der Waals surface area contributed by atoms with Crippen molar-refractivity contribution in [3.63, 3.8) is 0 Å². The van der Waals surface area contributed by atoms with Crippen molar-refractivity contribution < 1.29 is 9.59 Å². The number of hydrogen-bond donors (Lipinski definition) is 1. The summed E-state index contributed by atoms with van der Waals surface area (Å²) in [5, 5.41) is 5.87. The van der Waals surface area contributed by atoms with E-state index in [1.165, 1.54) is 16.0 Å². The predicted molar refractivity (Wildman–Crippen MR) is 120 cm³/mol. The van der Waals surface area contributed by atoms with Crippen LogP contribution in [-0.4, -0.2) is 16.7 Å². The Kier molecular flexibility index (Phi) is 6.12. The van der Waals surface area contributed by atoms with Crippen molar-refractivity contribution in [3.05, 3.63) is 81.5 Å². The maximum atomic E-state index is 12.1. The number of hydrogen-bond acceptors (Lipinski definition) is 5. The van der Waals surface area contributed by atoms with Gasteiger partial charge in [0.2, 0.25) is 5.91 Å². The average Bonchev–Trinajstić information content (AvgIpc) is 3.39. The molecule has 0 aliphatic heterocycles. The summed E-state index contributed by atoms with van der Waals surface area (Å²) in [5.41, 5.74) is 2.96. The molecule has 0 radical (unpaired) electrons. The second kappa shape index (κ2) is 9.11. The van der Waals surface area contributed by atoms with Gasteiger partial charge in [-0.3, -0.25) is 9.59 Å². The number of aromatic nitrogens is 1. The molecule has 2 heterocycles. The van der Waals surface area contributed by atoms with Gasteiger partial charge in [-0.15, -0.1) is 22.7 Å². The number of ketones is 1. The van der Waals surface area contributed by atoms with Gasteiger partial charge in [0.15, 0.2) is 5.78 Å². The standard InChI is InChI=1S/C23H20N2O2S2/c26-19(21-8-4-14-28-21)6-3-9-22(27)24-17-12-10-16(11-13-17)15-23-25-18-5-1-2-7-20(18)29-23/h1-2,4-5,7-8,10-14H,3,6,9,15H2,(H,24,27). The molecular weight excluding hydrogens is 400 g/mol. The summed E-state index contributed by atoms with van der Waals surface area (Å²) in [7, 11) is 0. The molecule has 1 N–H and O–H groups in total. The fourth-order valence-electron chi connectivity index (χ4n) is 3.07. The SMILES string of the molecule is O=C(CCCC(=O)c1cccs1)Nc1ccc(Cc2nc3ccccc3s2)cc1. The molecule has 0 aliphatic rings. The highest BCUT2D eigenvalue weighted by molar-refractivity contribution is 7.18. The lowest BCUT2D eigenvalue weighted by molar-refractivity contribution is -0.116. The average molecular weight is 421 g/mol. The van der Waals surface area contributed by atoms with Gasteiger partial charge >= 0.3 is 0 Å². The molecule has 1 amide bonds. The topological polar surface area (TPSA) is 59.1 Å². The van der Waals surface area contributed by atoms with E-state index in [1.54, 1.807) is 11.3 Å². The number of carbonyl (C=O) groups excluding carboxylic acids is 2. The summed E-state index contributed by atoms with van der Waals surface area (Å²) < 4.78 is 1.20. The lowest BCUT2D eigenvalue weighted by Gasteiger charge is -2.06. The van der Waals surface area contributed by atoms with Crippen LogP contribution in [0.5, 0.6) is 0 Å². The first-order chi connectivity index (χ1) is 14.2. The van der Waals surface area contributed by atoms with Crippen LogP contribution in [0.15, 0.2) is 66.0 Å². The van der Waals surface area contributed by atoms with Crippen molar-refractivity contribution in [1.29, 1.82) is 0 Å². The van der Waals surface area contributed by atoms with Crippen LogP contribution < -0.4 is 5.32 Å². The summed E-state index contributed by atoms with van der Waals surface area (Å²) in [4.78, 5) is 29.5. The third-order valence-electron chi connectivity index (χ3n) is 4.53. The lowest BCUT2D eigenvalue weighted by atomic mass is 10.1. The zero-order chi connectivity index (χ0) is 20.1. The molecule has 0 unspecified atom stereocenters. The molecule has 4 nitrogen and oxygen atoms in total. The minimum Gasteiger partial charge on any atom is -0.326 e. The van der Waals surface area contributed by atoms with Crippen molar-refractivity contribution >= 4 is 50.3 Å².